The van der Waals surface area contributed by atoms with Crippen molar-refractivity contribution in [3.63, 3.8) is 0 Å². The smallest absolute Gasteiger partial charge is 0.230 e. The van der Waals surface area contributed by atoms with Crippen molar-refractivity contribution >= 4 is 17.7 Å². The van der Waals surface area contributed by atoms with Crippen LogP contribution in [0.15, 0.2) is 6.20 Å². The van der Waals surface area contributed by atoms with Crippen LogP contribution in [0.3, 0.4) is 0 Å². The maximum atomic E-state index is 13.7. The zero-order valence-corrected chi connectivity index (χ0v) is 17.4. The zero-order valence-electron chi connectivity index (χ0n) is 17.4. The van der Waals surface area contributed by atoms with E-state index in [-0.39, 0.29) is 11.5 Å². The molecule has 3 saturated heterocycles. The van der Waals surface area contributed by atoms with E-state index in [1.54, 1.807) is 6.20 Å². The number of rotatable bonds is 5. The molecule has 4 rings (SSSR count). The molecule has 0 saturated carbocycles. The molecule has 1 aromatic rings. The first-order chi connectivity index (χ1) is 13.5. The van der Waals surface area contributed by atoms with Crippen molar-refractivity contribution in [3.05, 3.63) is 11.8 Å². The van der Waals surface area contributed by atoms with Crippen molar-refractivity contribution in [2.45, 2.75) is 64.5 Å². The predicted octanol–water partition coefficient (Wildman–Crippen LogP) is 2.39. The SMILES string of the molecule is CC[C@]1(C(=O)N(C)CC2CCOCC2)C[C@H]2CC[C@@H]1N2c1ncc(C)c(N)n1. The minimum absolute atomic E-state index is 0.161. The van der Waals surface area contributed by atoms with Crippen molar-refractivity contribution < 1.29 is 9.53 Å². The highest BCUT2D eigenvalue weighted by atomic mass is 16.5. The molecule has 4 heterocycles. The van der Waals surface area contributed by atoms with Gasteiger partial charge in [0.1, 0.15) is 5.82 Å². The standard InChI is InChI=1S/C21H33N5O2/c1-4-21(19(27)25(3)13-15-7-9-28-10-8-15)11-16-5-6-17(21)26(16)20-23-12-14(2)18(22)24-20/h12,15-17H,4-11,13H2,1-3H3,(H2,22,23,24)/t16-,17+,21+/m1/s1. The van der Waals surface area contributed by atoms with Crippen molar-refractivity contribution in [1.29, 1.82) is 0 Å². The van der Waals surface area contributed by atoms with Gasteiger partial charge in [-0.3, -0.25) is 4.79 Å². The van der Waals surface area contributed by atoms with Gasteiger partial charge in [-0.1, -0.05) is 6.92 Å². The Balaban J connectivity index is 1.55. The molecule has 2 bridgehead atoms. The van der Waals surface area contributed by atoms with Crippen LogP contribution in [0.5, 0.6) is 0 Å². The van der Waals surface area contributed by atoms with E-state index in [4.69, 9.17) is 10.5 Å². The van der Waals surface area contributed by atoms with Crippen LogP contribution in [0.4, 0.5) is 11.8 Å². The number of nitrogen functional groups attached to an aromatic ring is 1. The number of aromatic nitrogens is 2. The van der Waals surface area contributed by atoms with E-state index < -0.39 is 0 Å². The van der Waals surface area contributed by atoms with Gasteiger partial charge in [-0.25, -0.2) is 4.98 Å². The van der Waals surface area contributed by atoms with E-state index in [1.165, 1.54) is 0 Å². The third kappa shape index (κ3) is 3.13. The van der Waals surface area contributed by atoms with Gasteiger partial charge < -0.3 is 20.3 Å². The number of carbonyl (C=O) groups excluding carboxylic acids is 1. The Labute approximate surface area is 167 Å². The number of hydrogen-bond donors (Lipinski definition) is 1. The molecule has 28 heavy (non-hydrogen) atoms. The third-order valence-corrected chi connectivity index (χ3v) is 7.25. The van der Waals surface area contributed by atoms with Gasteiger partial charge in [0.05, 0.1) is 5.41 Å². The Morgan fingerprint density at radius 2 is 2.11 bits per heavy atom. The van der Waals surface area contributed by atoms with E-state index >= 15 is 0 Å². The second-order valence-electron chi connectivity index (χ2n) is 8.85. The average Bonchev–Trinajstić information content (AvgIpc) is 3.26. The Hall–Kier alpha value is -1.89. The van der Waals surface area contributed by atoms with Crippen LogP contribution >= 0.6 is 0 Å². The Kier molecular flexibility index (Phi) is 5.21. The molecule has 0 radical (unpaired) electrons. The van der Waals surface area contributed by atoms with E-state index in [1.807, 2.05) is 18.9 Å². The van der Waals surface area contributed by atoms with Gasteiger partial charge in [0.25, 0.3) is 0 Å². The van der Waals surface area contributed by atoms with Crippen molar-refractivity contribution in [2.75, 3.05) is 37.4 Å². The van der Waals surface area contributed by atoms with Crippen molar-refractivity contribution in [1.82, 2.24) is 14.9 Å². The minimum atomic E-state index is -0.341. The number of nitrogens with two attached hydrogens (primary N) is 1. The number of hydrogen-bond acceptors (Lipinski definition) is 6. The molecule has 0 aliphatic carbocycles. The van der Waals surface area contributed by atoms with Crippen LogP contribution in [0, 0.1) is 18.3 Å². The molecule has 1 aromatic heterocycles. The summed E-state index contributed by atoms with van der Waals surface area (Å²) in [6.45, 7) is 6.54. The zero-order chi connectivity index (χ0) is 19.9. The number of ether oxygens (including phenoxy) is 1. The second kappa shape index (κ2) is 7.50. The molecule has 0 aromatic carbocycles. The minimum Gasteiger partial charge on any atom is -0.383 e. The molecule has 2 N–H and O–H groups in total. The molecule has 154 valence electrons. The third-order valence-electron chi connectivity index (χ3n) is 7.25. The summed E-state index contributed by atoms with van der Waals surface area (Å²) in [5.41, 5.74) is 6.60. The number of carbonyl (C=O) groups is 1. The summed E-state index contributed by atoms with van der Waals surface area (Å²) in [4.78, 5) is 27.0. The molecule has 3 aliphatic heterocycles. The lowest BCUT2D eigenvalue weighted by Crippen LogP contribution is -2.50. The van der Waals surface area contributed by atoms with Crippen molar-refractivity contribution in [3.8, 4) is 0 Å². The first-order valence-electron chi connectivity index (χ1n) is 10.7. The van der Waals surface area contributed by atoms with E-state index in [2.05, 4.69) is 21.8 Å². The monoisotopic (exact) mass is 387 g/mol. The first-order valence-corrected chi connectivity index (χ1v) is 10.7. The molecule has 3 aliphatic rings. The molecule has 0 unspecified atom stereocenters. The van der Waals surface area contributed by atoms with Crippen LogP contribution in [-0.4, -0.2) is 59.7 Å². The fourth-order valence-corrected chi connectivity index (χ4v) is 5.60. The van der Waals surface area contributed by atoms with E-state index in [0.717, 1.165) is 63.8 Å². The first kappa shape index (κ1) is 19.4. The molecular formula is C21H33N5O2. The molecule has 1 amide bonds. The molecule has 3 fully saturated rings. The fourth-order valence-electron chi connectivity index (χ4n) is 5.60. The largest absolute Gasteiger partial charge is 0.383 e. The maximum absolute atomic E-state index is 13.7. The van der Waals surface area contributed by atoms with Crippen LogP contribution in [0.25, 0.3) is 0 Å². The van der Waals surface area contributed by atoms with Crippen LogP contribution < -0.4 is 10.6 Å². The lowest BCUT2D eigenvalue weighted by Gasteiger charge is -2.39. The predicted molar refractivity (Wildman–Crippen MR) is 109 cm³/mol. The van der Waals surface area contributed by atoms with Gasteiger partial charge in [0, 0.05) is 50.7 Å². The molecular weight excluding hydrogens is 354 g/mol. The summed E-state index contributed by atoms with van der Waals surface area (Å²) >= 11 is 0. The number of fused-ring (bicyclic) bond motifs is 2. The lowest BCUT2D eigenvalue weighted by molar-refractivity contribution is -0.143. The number of anilines is 2. The number of amides is 1. The maximum Gasteiger partial charge on any atom is 0.230 e. The van der Waals surface area contributed by atoms with E-state index in [0.29, 0.717) is 29.6 Å². The van der Waals surface area contributed by atoms with Gasteiger partial charge in [0.15, 0.2) is 0 Å². The van der Waals surface area contributed by atoms with Gasteiger partial charge in [-0.05, 0) is 51.4 Å². The van der Waals surface area contributed by atoms with Gasteiger partial charge in [-0.2, -0.15) is 4.98 Å². The van der Waals surface area contributed by atoms with Crippen LogP contribution in [0.1, 0.15) is 51.0 Å². The summed E-state index contributed by atoms with van der Waals surface area (Å²) < 4.78 is 5.47. The van der Waals surface area contributed by atoms with E-state index in [9.17, 15) is 4.79 Å². The Bertz CT molecular complexity index is 736. The number of nitrogens with zero attached hydrogens (tertiary/aromatic N) is 4. The highest BCUT2D eigenvalue weighted by Gasteiger charge is 2.60. The highest BCUT2D eigenvalue weighted by Crippen LogP contribution is 2.53. The molecule has 3 atom stereocenters. The van der Waals surface area contributed by atoms with Gasteiger partial charge in [-0.15, -0.1) is 0 Å². The van der Waals surface area contributed by atoms with Crippen molar-refractivity contribution in [2.24, 2.45) is 11.3 Å². The van der Waals surface area contributed by atoms with Crippen LogP contribution in [-0.2, 0) is 9.53 Å². The summed E-state index contributed by atoms with van der Waals surface area (Å²) in [6, 6.07) is 0.488. The van der Waals surface area contributed by atoms with Gasteiger partial charge in [0.2, 0.25) is 11.9 Å². The van der Waals surface area contributed by atoms with Crippen LogP contribution in [0.2, 0.25) is 0 Å². The summed E-state index contributed by atoms with van der Waals surface area (Å²) in [6.07, 6.45) is 7.75. The Morgan fingerprint density at radius 3 is 2.79 bits per heavy atom. The molecule has 0 spiro atoms. The summed E-state index contributed by atoms with van der Waals surface area (Å²) in [5, 5.41) is 0. The topological polar surface area (TPSA) is 84.6 Å². The number of aryl methyl sites for hydroxylation is 1. The van der Waals surface area contributed by atoms with Gasteiger partial charge >= 0.3 is 0 Å². The Morgan fingerprint density at radius 1 is 1.36 bits per heavy atom. The molecule has 7 heteroatoms. The second-order valence-corrected chi connectivity index (χ2v) is 8.85. The molecule has 7 nitrogen and oxygen atoms in total. The lowest BCUT2D eigenvalue weighted by atomic mass is 9.70. The quantitative estimate of drug-likeness (QED) is 0.835. The summed E-state index contributed by atoms with van der Waals surface area (Å²) in [7, 11) is 1.98. The summed E-state index contributed by atoms with van der Waals surface area (Å²) in [5.74, 6) is 2.05. The highest BCUT2D eigenvalue weighted by molar-refractivity contribution is 5.85. The average molecular weight is 388 g/mol. The normalized spacial score (nSPS) is 30.0. The fraction of sp³-hybridized carbons (Fsp3) is 0.762.